The third-order valence-corrected chi connectivity index (χ3v) is 6.40. The lowest BCUT2D eigenvalue weighted by atomic mass is 9.63. The van der Waals surface area contributed by atoms with E-state index >= 15 is 0 Å². The maximum atomic E-state index is 12.9. The molecule has 6 nitrogen and oxygen atoms in total. The van der Waals surface area contributed by atoms with E-state index in [1.165, 1.54) is 13.4 Å². The Morgan fingerprint density at radius 3 is 2.33 bits per heavy atom. The molecule has 0 aliphatic heterocycles. The van der Waals surface area contributed by atoms with Gasteiger partial charge in [0.05, 0.1) is 26.1 Å². The van der Waals surface area contributed by atoms with E-state index < -0.39 is 38.7 Å². The number of carbonyl (C=O) groups excluding carboxylic acids is 1. The van der Waals surface area contributed by atoms with E-state index in [1.807, 2.05) is 13.8 Å². The number of esters is 1. The first-order valence-corrected chi connectivity index (χ1v) is 9.79. The second kappa shape index (κ2) is 7.03. The van der Waals surface area contributed by atoms with Gasteiger partial charge in [-0.3, -0.25) is 0 Å². The number of hydrogen-bond donors (Lipinski definition) is 0. The maximum Gasteiger partial charge on any atom is 0.534 e. The van der Waals surface area contributed by atoms with Crippen LogP contribution in [-0.2, 0) is 28.6 Å². The molecule has 2 rings (SSSR count). The Labute approximate surface area is 156 Å². The highest BCUT2D eigenvalue weighted by Crippen LogP contribution is 2.62. The molecule has 10 heteroatoms. The number of carbonyl (C=O) groups is 1. The number of allylic oxidation sites excluding steroid dienone is 1. The van der Waals surface area contributed by atoms with Crippen molar-refractivity contribution in [2.75, 3.05) is 14.2 Å². The van der Waals surface area contributed by atoms with Crippen molar-refractivity contribution >= 4 is 16.1 Å². The Hall–Kier alpha value is -1.71. The van der Waals surface area contributed by atoms with Gasteiger partial charge in [-0.2, -0.15) is 21.6 Å². The second-order valence-corrected chi connectivity index (χ2v) is 8.82. The molecule has 0 amide bonds. The molecular weight excluding hydrogens is 389 g/mol. The smallest absolute Gasteiger partial charge is 0.504 e. The molecule has 0 aromatic rings. The molecule has 2 aliphatic rings. The zero-order valence-electron chi connectivity index (χ0n) is 15.7. The lowest BCUT2D eigenvalue weighted by Crippen LogP contribution is -2.34. The summed E-state index contributed by atoms with van der Waals surface area (Å²) >= 11 is 0. The summed E-state index contributed by atoms with van der Waals surface area (Å²) in [5.74, 6) is -2.47. The van der Waals surface area contributed by atoms with Crippen LogP contribution >= 0.6 is 0 Å². The minimum atomic E-state index is -5.94. The minimum Gasteiger partial charge on any atom is -0.504 e. The second-order valence-electron chi connectivity index (χ2n) is 7.28. The lowest BCUT2D eigenvalue weighted by Gasteiger charge is -2.40. The van der Waals surface area contributed by atoms with Crippen molar-refractivity contribution in [2.45, 2.75) is 39.1 Å². The average molecular weight is 412 g/mol. The van der Waals surface area contributed by atoms with E-state index in [9.17, 15) is 26.4 Å². The van der Waals surface area contributed by atoms with E-state index in [4.69, 9.17) is 9.47 Å². The van der Waals surface area contributed by atoms with E-state index in [2.05, 4.69) is 4.18 Å². The van der Waals surface area contributed by atoms with Crippen molar-refractivity contribution in [2.24, 2.45) is 23.2 Å². The minimum absolute atomic E-state index is 0.00370. The summed E-state index contributed by atoms with van der Waals surface area (Å²) in [6.45, 7) is 5.41. The van der Waals surface area contributed by atoms with Crippen molar-refractivity contribution in [1.29, 1.82) is 0 Å². The van der Waals surface area contributed by atoms with Crippen LogP contribution in [0.2, 0.25) is 0 Å². The molecule has 27 heavy (non-hydrogen) atoms. The van der Waals surface area contributed by atoms with Gasteiger partial charge in [0, 0.05) is 11.3 Å². The van der Waals surface area contributed by atoms with Crippen LogP contribution in [0.5, 0.6) is 0 Å². The summed E-state index contributed by atoms with van der Waals surface area (Å²) < 4.78 is 76.7. The summed E-state index contributed by atoms with van der Waals surface area (Å²) in [6.07, 6.45) is 2.36. The van der Waals surface area contributed by atoms with Crippen molar-refractivity contribution in [3.8, 4) is 0 Å². The number of alkyl halides is 3. The van der Waals surface area contributed by atoms with Gasteiger partial charge in [-0.1, -0.05) is 20.8 Å². The molecule has 1 fully saturated rings. The van der Waals surface area contributed by atoms with Gasteiger partial charge in [0.15, 0.2) is 0 Å². The number of methoxy groups -OCH3 is 2. The predicted octanol–water partition coefficient (Wildman–Crippen LogP) is 3.51. The monoisotopic (exact) mass is 412 g/mol. The van der Waals surface area contributed by atoms with Crippen LogP contribution < -0.4 is 0 Å². The van der Waals surface area contributed by atoms with E-state index in [0.29, 0.717) is 18.4 Å². The number of hydrogen-bond acceptors (Lipinski definition) is 6. The summed E-state index contributed by atoms with van der Waals surface area (Å²) in [4.78, 5) is 12.4. The molecule has 0 unspecified atom stereocenters. The van der Waals surface area contributed by atoms with Gasteiger partial charge in [0.2, 0.25) is 0 Å². The van der Waals surface area contributed by atoms with Gasteiger partial charge in [0.25, 0.3) is 0 Å². The first-order chi connectivity index (χ1) is 12.3. The van der Waals surface area contributed by atoms with Gasteiger partial charge in [-0.15, -0.1) is 0 Å². The van der Waals surface area contributed by atoms with E-state index in [-0.39, 0.29) is 17.4 Å². The number of ether oxygens (including phenoxy) is 2. The Morgan fingerprint density at radius 2 is 1.89 bits per heavy atom. The van der Waals surface area contributed by atoms with Crippen LogP contribution in [0.1, 0.15) is 33.6 Å². The lowest BCUT2D eigenvalue weighted by molar-refractivity contribution is -0.137. The molecule has 0 saturated heterocycles. The molecule has 0 radical (unpaired) electrons. The zero-order valence-corrected chi connectivity index (χ0v) is 16.5. The van der Waals surface area contributed by atoms with Crippen LogP contribution in [0.25, 0.3) is 0 Å². The first kappa shape index (κ1) is 21.6. The maximum absolute atomic E-state index is 12.9. The van der Waals surface area contributed by atoms with Gasteiger partial charge < -0.3 is 13.7 Å². The molecule has 0 heterocycles. The summed E-state index contributed by atoms with van der Waals surface area (Å²) in [5.41, 5.74) is -6.33. The summed E-state index contributed by atoms with van der Waals surface area (Å²) in [5, 5.41) is 0. The highest BCUT2D eigenvalue weighted by atomic mass is 32.2. The van der Waals surface area contributed by atoms with Crippen molar-refractivity contribution in [3.63, 3.8) is 0 Å². The molecule has 154 valence electrons. The van der Waals surface area contributed by atoms with Crippen LogP contribution in [0.15, 0.2) is 23.2 Å². The highest BCUT2D eigenvalue weighted by Gasteiger charge is 2.60. The number of halogens is 3. The van der Waals surface area contributed by atoms with Gasteiger partial charge >= 0.3 is 21.6 Å². The van der Waals surface area contributed by atoms with E-state index in [1.54, 1.807) is 6.92 Å². The molecule has 0 aromatic heterocycles. The van der Waals surface area contributed by atoms with Gasteiger partial charge in [-0.25, -0.2) is 4.79 Å². The SMILES string of the molecule is COC=C1[C@H]2C(OS(=O)(=O)C(F)(F)F)=C(C(=O)OC)[C@]1(C)CC[C@@H]2C(C)C. The Morgan fingerprint density at radius 1 is 1.30 bits per heavy atom. The van der Waals surface area contributed by atoms with Crippen LogP contribution in [0.3, 0.4) is 0 Å². The molecule has 1 saturated carbocycles. The van der Waals surface area contributed by atoms with Crippen molar-refractivity contribution in [1.82, 2.24) is 0 Å². The van der Waals surface area contributed by atoms with E-state index in [0.717, 1.165) is 7.11 Å². The van der Waals surface area contributed by atoms with Crippen LogP contribution in [0.4, 0.5) is 13.2 Å². The quantitative estimate of drug-likeness (QED) is 0.298. The standard InChI is InChI=1S/C17H23F3O6S/c1-9(2)10-6-7-16(3)11(8-24-4)12(10)14(13(16)15(21)25-5)26-27(22,23)17(18,19)20/h8-10,12H,6-7H2,1-5H3/t10-,12+,16-/m1/s1. The molecule has 0 aromatic carbocycles. The molecular formula is C17H23F3O6S. The molecule has 0 N–H and O–H groups in total. The van der Waals surface area contributed by atoms with Crippen LogP contribution in [-0.4, -0.2) is 34.1 Å². The predicted molar refractivity (Wildman–Crippen MR) is 89.4 cm³/mol. The molecule has 3 atom stereocenters. The third-order valence-electron chi connectivity index (χ3n) is 5.43. The largest absolute Gasteiger partial charge is 0.534 e. The summed E-state index contributed by atoms with van der Waals surface area (Å²) in [6, 6.07) is 0. The fourth-order valence-electron chi connectivity index (χ4n) is 4.11. The van der Waals surface area contributed by atoms with Crippen LogP contribution in [0, 0.1) is 23.2 Å². The first-order valence-electron chi connectivity index (χ1n) is 8.38. The topological polar surface area (TPSA) is 78.9 Å². The Bertz CT molecular complexity index is 781. The fraction of sp³-hybridized carbons (Fsp3) is 0.706. The number of fused-ring (bicyclic) bond motifs is 2. The van der Waals surface area contributed by atoms with Crippen molar-refractivity contribution in [3.05, 3.63) is 23.2 Å². The third kappa shape index (κ3) is 3.43. The normalized spacial score (nSPS) is 30.0. The van der Waals surface area contributed by atoms with Gasteiger partial charge in [-0.05, 0) is 30.3 Å². The summed E-state index contributed by atoms with van der Waals surface area (Å²) in [7, 11) is -3.49. The van der Waals surface area contributed by atoms with Gasteiger partial charge in [0.1, 0.15) is 5.76 Å². The average Bonchev–Trinajstić information content (AvgIpc) is 2.67. The fourth-order valence-corrected chi connectivity index (χ4v) is 4.63. The Balaban J connectivity index is 2.75. The number of rotatable bonds is 5. The molecule has 2 bridgehead atoms. The Kier molecular flexibility index (Phi) is 5.62. The zero-order chi connectivity index (χ0) is 20.8. The molecule has 0 spiro atoms. The molecule has 2 aliphatic carbocycles. The highest BCUT2D eigenvalue weighted by molar-refractivity contribution is 7.87. The van der Waals surface area contributed by atoms with Crippen molar-refractivity contribution < 1.29 is 40.0 Å².